The van der Waals surface area contributed by atoms with Gasteiger partial charge >= 0.3 is 0 Å². The number of rotatable bonds is 2. The molecule has 20 heavy (non-hydrogen) atoms. The Bertz CT molecular complexity index is 562. The molecule has 1 amide bonds. The van der Waals surface area contributed by atoms with Crippen LogP contribution in [0, 0.1) is 17.1 Å². The number of hydrogen-bond acceptors (Lipinski definition) is 3. The van der Waals surface area contributed by atoms with Gasteiger partial charge < -0.3 is 10.2 Å². The van der Waals surface area contributed by atoms with Crippen molar-refractivity contribution in [3.8, 4) is 6.07 Å². The first-order valence-corrected chi connectivity index (χ1v) is 6.71. The van der Waals surface area contributed by atoms with Crippen molar-refractivity contribution in [3.05, 3.63) is 34.6 Å². The van der Waals surface area contributed by atoms with E-state index >= 15 is 0 Å². The predicted octanol–water partition coefficient (Wildman–Crippen LogP) is 2.20. The van der Waals surface area contributed by atoms with E-state index in [0.717, 1.165) is 19.2 Å². The summed E-state index contributed by atoms with van der Waals surface area (Å²) in [5.41, 5.74) is -0.692. The third kappa shape index (κ3) is 3.09. The minimum atomic E-state index is -0.874. The smallest absolute Gasteiger partial charge is 0.254 e. The lowest BCUT2D eigenvalue weighted by Gasteiger charge is -2.36. The lowest BCUT2D eigenvalue weighted by molar-refractivity contribution is 0.0882. The van der Waals surface area contributed by atoms with Crippen molar-refractivity contribution in [1.82, 2.24) is 10.2 Å². The molecule has 0 saturated carbocycles. The number of halogens is 2. The predicted molar refractivity (Wildman–Crippen MR) is 74.0 cm³/mol. The van der Waals surface area contributed by atoms with E-state index in [2.05, 4.69) is 16.3 Å². The molecular weight excluding hydrogens is 281 g/mol. The van der Waals surface area contributed by atoms with Crippen LogP contribution in [0.3, 0.4) is 0 Å². The SMILES string of the molecule is CN1CCC(C#N)(NC(=O)c2ccc(F)cc2Cl)CC1. The van der Waals surface area contributed by atoms with Crippen LogP contribution in [-0.2, 0) is 0 Å². The fourth-order valence-corrected chi connectivity index (χ4v) is 2.48. The Morgan fingerprint density at radius 2 is 2.15 bits per heavy atom. The molecule has 2 rings (SSSR count). The average molecular weight is 296 g/mol. The summed E-state index contributed by atoms with van der Waals surface area (Å²) >= 11 is 5.86. The summed E-state index contributed by atoms with van der Waals surface area (Å²) in [5.74, 6) is -0.943. The molecule has 1 aromatic rings. The van der Waals surface area contributed by atoms with Crippen LogP contribution in [-0.4, -0.2) is 36.5 Å². The number of nitriles is 1. The largest absolute Gasteiger partial charge is 0.334 e. The van der Waals surface area contributed by atoms with Gasteiger partial charge in [-0.15, -0.1) is 0 Å². The third-order valence-corrected chi connectivity index (χ3v) is 3.90. The summed E-state index contributed by atoms with van der Waals surface area (Å²) < 4.78 is 13.0. The van der Waals surface area contributed by atoms with E-state index in [0.29, 0.717) is 12.8 Å². The number of likely N-dealkylation sites (tertiary alicyclic amines) is 1. The van der Waals surface area contributed by atoms with Gasteiger partial charge in [-0.3, -0.25) is 4.79 Å². The van der Waals surface area contributed by atoms with Crippen molar-refractivity contribution in [1.29, 1.82) is 5.26 Å². The lowest BCUT2D eigenvalue weighted by Crippen LogP contribution is -2.53. The Morgan fingerprint density at radius 1 is 1.50 bits per heavy atom. The van der Waals surface area contributed by atoms with Crippen molar-refractivity contribution in [2.45, 2.75) is 18.4 Å². The van der Waals surface area contributed by atoms with Gasteiger partial charge in [-0.25, -0.2) is 4.39 Å². The molecule has 0 aromatic heterocycles. The maximum atomic E-state index is 13.0. The van der Waals surface area contributed by atoms with Gasteiger partial charge in [0.25, 0.3) is 5.91 Å². The molecule has 1 fully saturated rings. The van der Waals surface area contributed by atoms with Crippen LogP contribution in [0.15, 0.2) is 18.2 Å². The molecule has 1 aromatic carbocycles. The second kappa shape index (κ2) is 5.78. The molecule has 1 N–H and O–H groups in total. The lowest BCUT2D eigenvalue weighted by atomic mass is 9.89. The highest BCUT2D eigenvalue weighted by Gasteiger charge is 2.35. The van der Waals surface area contributed by atoms with Gasteiger partial charge in [0.15, 0.2) is 0 Å². The van der Waals surface area contributed by atoms with Crippen molar-refractivity contribution in [2.75, 3.05) is 20.1 Å². The molecule has 1 heterocycles. The standard InChI is InChI=1S/C14H15ClFN3O/c1-19-6-4-14(9-17,5-7-19)18-13(20)11-3-2-10(16)8-12(11)15/h2-3,8H,4-7H2,1H3,(H,18,20). The minimum Gasteiger partial charge on any atom is -0.334 e. The van der Waals surface area contributed by atoms with Gasteiger partial charge in [0.2, 0.25) is 0 Å². The number of hydrogen-bond donors (Lipinski definition) is 1. The molecule has 6 heteroatoms. The molecule has 0 aliphatic carbocycles. The molecule has 0 spiro atoms. The first-order valence-electron chi connectivity index (χ1n) is 6.33. The number of nitrogens with one attached hydrogen (secondary N) is 1. The van der Waals surface area contributed by atoms with E-state index in [1.54, 1.807) is 0 Å². The Kier molecular flexibility index (Phi) is 4.26. The van der Waals surface area contributed by atoms with E-state index in [-0.39, 0.29) is 10.6 Å². The number of piperidine rings is 1. The summed E-state index contributed by atoms with van der Waals surface area (Å²) in [4.78, 5) is 14.3. The maximum Gasteiger partial charge on any atom is 0.254 e. The molecule has 0 unspecified atom stereocenters. The number of nitrogens with zero attached hydrogens (tertiary/aromatic N) is 2. The number of carbonyl (C=O) groups excluding carboxylic acids is 1. The first-order chi connectivity index (χ1) is 9.46. The van der Waals surface area contributed by atoms with E-state index in [1.165, 1.54) is 12.1 Å². The van der Waals surface area contributed by atoms with Crippen molar-refractivity contribution < 1.29 is 9.18 Å². The third-order valence-electron chi connectivity index (χ3n) is 3.58. The zero-order chi connectivity index (χ0) is 14.8. The van der Waals surface area contributed by atoms with Crippen LogP contribution in [0.25, 0.3) is 0 Å². The maximum absolute atomic E-state index is 13.0. The van der Waals surface area contributed by atoms with Gasteiger partial charge in [0, 0.05) is 13.1 Å². The average Bonchev–Trinajstić information content (AvgIpc) is 2.41. The van der Waals surface area contributed by atoms with Crippen molar-refractivity contribution >= 4 is 17.5 Å². The Labute approximate surface area is 122 Å². The quantitative estimate of drug-likeness (QED) is 0.910. The summed E-state index contributed by atoms with van der Waals surface area (Å²) in [6.45, 7) is 1.48. The zero-order valence-corrected chi connectivity index (χ0v) is 11.9. The molecule has 106 valence electrons. The molecule has 1 aliphatic rings. The number of amides is 1. The van der Waals surface area contributed by atoms with Gasteiger partial charge in [-0.1, -0.05) is 11.6 Å². The van der Waals surface area contributed by atoms with E-state index in [9.17, 15) is 14.4 Å². The Hall–Kier alpha value is -1.64. The van der Waals surface area contributed by atoms with Crippen LogP contribution in [0.4, 0.5) is 4.39 Å². The first kappa shape index (κ1) is 14.8. The zero-order valence-electron chi connectivity index (χ0n) is 11.1. The Morgan fingerprint density at radius 3 is 2.70 bits per heavy atom. The molecule has 0 atom stereocenters. The van der Waals surface area contributed by atoms with Gasteiger partial charge in [-0.2, -0.15) is 5.26 Å². The summed E-state index contributed by atoms with van der Waals surface area (Å²) in [6.07, 6.45) is 1.12. The normalized spacial score (nSPS) is 18.3. The molecule has 0 bridgehead atoms. The van der Waals surface area contributed by atoms with Gasteiger partial charge in [0.1, 0.15) is 11.4 Å². The van der Waals surface area contributed by atoms with Crippen LogP contribution >= 0.6 is 11.6 Å². The molecule has 4 nitrogen and oxygen atoms in total. The second-order valence-corrected chi connectivity index (χ2v) is 5.48. The highest BCUT2D eigenvalue weighted by Crippen LogP contribution is 2.23. The molecule has 1 aliphatic heterocycles. The molecule has 1 saturated heterocycles. The van der Waals surface area contributed by atoms with Crippen LogP contribution < -0.4 is 5.32 Å². The topological polar surface area (TPSA) is 56.1 Å². The monoisotopic (exact) mass is 295 g/mol. The van der Waals surface area contributed by atoms with Gasteiger partial charge in [-0.05, 0) is 38.1 Å². The minimum absolute atomic E-state index is 0.0449. The summed E-state index contributed by atoms with van der Waals surface area (Å²) in [7, 11) is 1.97. The van der Waals surface area contributed by atoms with Crippen LogP contribution in [0.2, 0.25) is 5.02 Å². The van der Waals surface area contributed by atoms with Crippen molar-refractivity contribution in [2.24, 2.45) is 0 Å². The van der Waals surface area contributed by atoms with E-state index in [1.807, 2.05) is 7.05 Å². The highest BCUT2D eigenvalue weighted by molar-refractivity contribution is 6.33. The van der Waals surface area contributed by atoms with Crippen LogP contribution in [0.1, 0.15) is 23.2 Å². The number of benzene rings is 1. The Balaban J connectivity index is 2.16. The summed E-state index contributed by atoms with van der Waals surface area (Å²) in [6, 6.07) is 5.78. The van der Waals surface area contributed by atoms with Crippen LogP contribution in [0.5, 0.6) is 0 Å². The van der Waals surface area contributed by atoms with Crippen molar-refractivity contribution in [3.63, 3.8) is 0 Å². The fourth-order valence-electron chi connectivity index (χ4n) is 2.22. The number of carbonyl (C=O) groups is 1. The summed E-state index contributed by atoms with van der Waals surface area (Å²) in [5, 5.41) is 12.2. The second-order valence-electron chi connectivity index (χ2n) is 5.08. The van der Waals surface area contributed by atoms with E-state index < -0.39 is 17.3 Å². The molecule has 0 radical (unpaired) electrons. The molecular formula is C14H15ClFN3O. The van der Waals surface area contributed by atoms with E-state index in [4.69, 9.17) is 11.6 Å². The fraction of sp³-hybridized carbons (Fsp3) is 0.429. The van der Waals surface area contributed by atoms with Gasteiger partial charge in [0.05, 0.1) is 16.7 Å². The highest BCUT2D eigenvalue weighted by atomic mass is 35.5.